The van der Waals surface area contributed by atoms with Gasteiger partial charge in [0.05, 0.1) is 0 Å². The van der Waals surface area contributed by atoms with Crippen molar-refractivity contribution in [2.45, 2.75) is 12.7 Å². The normalized spacial score (nSPS) is 18.1. The van der Waals surface area contributed by atoms with E-state index in [2.05, 4.69) is 0 Å². The molecule has 20 heavy (non-hydrogen) atoms. The van der Waals surface area contributed by atoms with Crippen LogP contribution in [0.1, 0.15) is 27.8 Å². The predicted molar refractivity (Wildman–Crippen MR) is 71.8 cm³/mol. The average molecular weight is 270 g/mol. The van der Waals surface area contributed by atoms with Crippen molar-refractivity contribution in [2.24, 2.45) is 0 Å². The first-order valence-corrected chi connectivity index (χ1v) is 6.40. The van der Waals surface area contributed by atoms with E-state index in [4.69, 9.17) is 14.5 Å². The molecule has 2 aromatic carbocycles. The van der Waals surface area contributed by atoms with E-state index in [9.17, 15) is 4.79 Å². The third kappa shape index (κ3) is 2.77. The zero-order valence-electron chi connectivity index (χ0n) is 10.8. The van der Waals surface area contributed by atoms with Crippen molar-refractivity contribution in [3.8, 4) is 0 Å². The second-order valence-electron chi connectivity index (χ2n) is 4.50. The lowest BCUT2D eigenvalue weighted by Crippen LogP contribution is -2.08. The van der Waals surface area contributed by atoms with Crippen molar-refractivity contribution in [3.63, 3.8) is 0 Å². The number of ketones is 1. The highest BCUT2D eigenvalue weighted by molar-refractivity contribution is 5.97. The molecule has 1 saturated heterocycles. The molecule has 1 aliphatic heterocycles. The van der Waals surface area contributed by atoms with Gasteiger partial charge >= 0.3 is 0 Å². The fraction of sp³-hybridized carbons (Fsp3) is 0.188. The molecule has 0 amide bonds. The van der Waals surface area contributed by atoms with Gasteiger partial charge < -0.3 is 4.74 Å². The van der Waals surface area contributed by atoms with Crippen molar-refractivity contribution in [3.05, 3.63) is 71.3 Å². The highest BCUT2D eigenvalue weighted by Crippen LogP contribution is 2.27. The summed E-state index contributed by atoms with van der Waals surface area (Å²) < 4.78 is 5.31. The number of carbonyl (C=O) groups is 1. The van der Waals surface area contributed by atoms with Crippen LogP contribution in [0.5, 0.6) is 0 Å². The first kappa shape index (κ1) is 13.0. The Hall–Kier alpha value is -2.01. The van der Waals surface area contributed by atoms with E-state index in [-0.39, 0.29) is 12.6 Å². The van der Waals surface area contributed by atoms with Crippen LogP contribution < -0.4 is 0 Å². The smallest absolute Gasteiger partial charge is 0.220 e. The first-order valence-electron chi connectivity index (χ1n) is 6.40. The number of hydrogen-bond donors (Lipinski definition) is 0. The maximum Gasteiger partial charge on any atom is 0.220 e. The first-order chi connectivity index (χ1) is 9.84. The number of Topliss-reactive ketones (excluding diaryl/α,β-unsaturated/α-hetero) is 1. The third-order valence-corrected chi connectivity index (χ3v) is 3.18. The Kier molecular flexibility index (Phi) is 3.87. The molecule has 4 heteroatoms. The van der Waals surface area contributed by atoms with Crippen molar-refractivity contribution in [1.29, 1.82) is 0 Å². The quantitative estimate of drug-likeness (QED) is 0.632. The molecule has 102 valence electrons. The standard InChI is InChI=1S/C16H14O4/c17-15(12-6-2-1-3-7-12)10-13-8-4-5-9-14(13)16-18-11-19-20-16/h1-9,16H,10-11H2. The molecule has 0 bridgehead atoms. The molecular weight excluding hydrogens is 256 g/mol. The molecule has 0 N–H and O–H groups in total. The van der Waals surface area contributed by atoms with Gasteiger partial charge in [0, 0.05) is 17.5 Å². The van der Waals surface area contributed by atoms with Gasteiger partial charge in [-0.1, -0.05) is 54.6 Å². The number of hydrogen-bond acceptors (Lipinski definition) is 4. The summed E-state index contributed by atoms with van der Waals surface area (Å²) in [6.07, 6.45) is -0.251. The molecule has 0 radical (unpaired) electrons. The minimum absolute atomic E-state index is 0.0666. The summed E-state index contributed by atoms with van der Waals surface area (Å²) in [5, 5.41) is 0. The number of carbonyl (C=O) groups excluding carboxylic acids is 1. The van der Waals surface area contributed by atoms with Crippen molar-refractivity contribution < 1.29 is 19.3 Å². The zero-order chi connectivity index (χ0) is 13.8. The summed E-state index contributed by atoms with van der Waals surface area (Å²) >= 11 is 0. The number of rotatable bonds is 4. The highest BCUT2D eigenvalue weighted by Gasteiger charge is 2.23. The van der Waals surface area contributed by atoms with E-state index >= 15 is 0 Å². The van der Waals surface area contributed by atoms with Crippen LogP contribution in [-0.4, -0.2) is 12.6 Å². The second kappa shape index (κ2) is 5.96. The number of benzene rings is 2. The summed E-state index contributed by atoms with van der Waals surface area (Å²) in [4.78, 5) is 22.1. The van der Waals surface area contributed by atoms with Crippen LogP contribution >= 0.6 is 0 Å². The Labute approximate surface area is 116 Å². The highest BCUT2D eigenvalue weighted by atomic mass is 17.3. The van der Waals surface area contributed by atoms with Gasteiger partial charge in [0.15, 0.2) is 12.6 Å². The molecule has 1 fully saturated rings. The molecular formula is C16H14O4. The van der Waals surface area contributed by atoms with Crippen LogP contribution in [0.3, 0.4) is 0 Å². The van der Waals surface area contributed by atoms with Gasteiger partial charge in [-0.2, -0.15) is 4.89 Å². The maximum atomic E-state index is 12.3. The van der Waals surface area contributed by atoms with E-state index < -0.39 is 6.29 Å². The van der Waals surface area contributed by atoms with Crippen LogP contribution in [-0.2, 0) is 20.9 Å². The van der Waals surface area contributed by atoms with Crippen LogP contribution in [0.4, 0.5) is 0 Å². The fourth-order valence-electron chi connectivity index (χ4n) is 2.17. The summed E-state index contributed by atoms with van der Waals surface area (Å²) in [6, 6.07) is 16.8. The minimum atomic E-state index is -0.560. The molecule has 1 aliphatic rings. The average Bonchev–Trinajstić information content (AvgIpc) is 3.03. The summed E-state index contributed by atoms with van der Waals surface area (Å²) in [7, 11) is 0. The zero-order valence-corrected chi connectivity index (χ0v) is 10.8. The van der Waals surface area contributed by atoms with Gasteiger partial charge in [-0.25, -0.2) is 4.89 Å². The minimum Gasteiger partial charge on any atom is -0.316 e. The molecule has 2 aromatic rings. The van der Waals surface area contributed by atoms with E-state index in [1.54, 1.807) is 0 Å². The van der Waals surface area contributed by atoms with Crippen LogP contribution in [0, 0.1) is 0 Å². The lowest BCUT2D eigenvalue weighted by atomic mass is 9.98. The monoisotopic (exact) mass is 270 g/mol. The summed E-state index contributed by atoms with van der Waals surface area (Å²) in [6.45, 7) is 0.103. The topological polar surface area (TPSA) is 44.8 Å². The van der Waals surface area contributed by atoms with E-state index in [1.807, 2.05) is 54.6 Å². The van der Waals surface area contributed by atoms with E-state index in [0.717, 1.165) is 11.1 Å². The SMILES string of the molecule is O=C(Cc1ccccc1C1OCOO1)c1ccccc1. The van der Waals surface area contributed by atoms with Gasteiger partial charge in [0.2, 0.25) is 6.29 Å². The van der Waals surface area contributed by atoms with Crippen molar-refractivity contribution in [1.82, 2.24) is 0 Å². The van der Waals surface area contributed by atoms with Crippen LogP contribution in [0.2, 0.25) is 0 Å². The molecule has 3 rings (SSSR count). The predicted octanol–water partition coefficient (Wildman–Crippen LogP) is 3.05. The van der Waals surface area contributed by atoms with Gasteiger partial charge in [-0.15, -0.1) is 0 Å². The Morgan fingerprint density at radius 2 is 1.80 bits per heavy atom. The Balaban J connectivity index is 1.82. The maximum absolute atomic E-state index is 12.3. The molecule has 0 saturated carbocycles. The summed E-state index contributed by atoms with van der Waals surface area (Å²) in [5.41, 5.74) is 2.41. The van der Waals surface area contributed by atoms with Gasteiger partial charge in [-0.05, 0) is 5.56 Å². The van der Waals surface area contributed by atoms with E-state index in [1.165, 1.54) is 0 Å². The van der Waals surface area contributed by atoms with Gasteiger partial charge in [0.25, 0.3) is 0 Å². The van der Waals surface area contributed by atoms with Crippen LogP contribution in [0.15, 0.2) is 54.6 Å². The Morgan fingerprint density at radius 3 is 2.55 bits per heavy atom. The van der Waals surface area contributed by atoms with Crippen LogP contribution in [0.25, 0.3) is 0 Å². The Morgan fingerprint density at radius 1 is 1.05 bits per heavy atom. The van der Waals surface area contributed by atoms with E-state index in [0.29, 0.717) is 12.0 Å². The van der Waals surface area contributed by atoms with Gasteiger partial charge in [0.1, 0.15) is 0 Å². The Bertz CT molecular complexity index is 588. The molecule has 1 heterocycles. The lowest BCUT2D eigenvalue weighted by molar-refractivity contribution is -0.279. The lowest BCUT2D eigenvalue weighted by Gasteiger charge is -2.12. The second-order valence-corrected chi connectivity index (χ2v) is 4.50. The third-order valence-electron chi connectivity index (χ3n) is 3.18. The molecule has 4 nitrogen and oxygen atoms in total. The molecule has 1 atom stereocenters. The van der Waals surface area contributed by atoms with Crippen molar-refractivity contribution >= 4 is 5.78 Å². The molecule has 0 aromatic heterocycles. The molecule has 0 aliphatic carbocycles. The molecule has 0 spiro atoms. The van der Waals surface area contributed by atoms with Crippen molar-refractivity contribution in [2.75, 3.05) is 6.79 Å². The number of ether oxygens (including phenoxy) is 1. The van der Waals surface area contributed by atoms with Gasteiger partial charge in [-0.3, -0.25) is 4.79 Å². The largest absolute Gasteiger partial charge is 0.316 e. The fourth-order valence-corrected chi connectivity index (χ4v) is 2.17. The summed E-state index contributed by atoms with van der Waals surface area (Å²) in [5.74, 6) is 0.0666. The molecule has 1 unspecified atom stereocenters.